The van der Waals surface area contributed by atoms with Crippen LogP contribution in [0.25, 0.3) is 0 Å². The number of aliphatic hydroxyl groups is 1. The van der Waals surface area contributed by atoms with Crippen LogP contribution in [0, 0.1) is 0 Å². The molecule has 4 heteroatoms. The molecule has 2 N–H and O–H groups in total. The number of carboxylic acids is 1. The summed E-state index contributed by atoms with van der Waals surface area (Å²) >= 11 is 0. The van der Waals surface area contributed by atoms with Gasteiger partial charge in [-0.3, -0.25) is 0 Å². The second-order valence-electron chi connectivity index (χ2n) is 3.81. The lowest BCUT2D eigenvalue weighted by atomic mass is 10.1. The van der Waals surface area contributed by atoms with Crippen LogP contribution in [0.4, 0.5) is 0 Å². The summed E-state index contributed by atoms with van der Waals surface area (Å²) in [5.41, 5.74) is 0.634. The van der Waals surface area contributed by atoms with Crippen LogP contribution in [-0.4, -0.2) is 22.3 Å². The molecule has 0 aromatic heterocycles. The molecule has 0 aliphatic heterocycles. The molecule has 0 saturated carbocycles. The molecule has 0 bridgehead atoms. The van der Waals surface area contributed by atoms with Gasteiger partial charge in [0, 0.05) is 5.56 Å². The van der Waals surface area contributed by atoms with Crippen molar-refractivity contribution in [1.29, 1.82) is 0 Å². The van der Waals surface area contributed by atoms with Gasteiger partial charge in [0.1, 0.15) is 5.75 Å². The summed E-state index contributed by atoms with van der Waals surface area (Å²) in [4.78, 5) is 10.9. The standard InChI is InChI=1S/C13H18O4/c1-3-10(14)9-7-5-6-8-12(9)17-11(4-2)13(15)16/h5-8,10-11,14H,3-4H2,1-2H3,(H,15,16). The Kier molecular flexibility index (Phi) is 4.97. The highest BCUT2D eigenvalue weighted by atomic mass is 16.5. The van der Waals surface area contributed by atoms with Crippen molar-refractivity contribution in [1.82, 2.24) is 0 Å². The van der Waals surface area contributed by atoms with E-state index in [1.807, 2.05) is 6.92 Å². The molecule has 0 saturated heterocycles. The van der Waals surface area contributed by atoms with Gasteiger partial charge in [0.2, 0.25) is 0 Å². The first-order valence-electron chi connectivity index (χ1n) is 5.76. The van der Waals surface area contributed by atoms with Gasteiger partial charge in [0.05, 0.1) is 6.10 Å². The summed E-state index contributed by atoms with van der Waals surface area (Å²) in [5.74, 6) is -0.551. The molecule has 2 atom stereocenters. The van der Waals surface area contributed by atoms with Gasteiger partial charge in [-0.15, -0.1) is 0 Å². The van der Waals surface area contributed by atoms with Crippen molar-refractivity contribution in [3.05, 3.63) is 29.8 Å². The van der Waals surface area contributed by atoms with Crippen LogP contribution < -0.4 is 4.74 Å². The van der Waals surface area contributed by atoms with Crippen molar-refractivity contribution >= 4 is 5.97 Å². The molecule has 0 fully saturated rings. The van der Waals surface area contributed by atoms with Crippen LogP contribution in [0.15, 0.2) is 24.3 Å². The third-order valence-corrected chi connectivity index (χ3v) is 2.58. The molecule has 0 spiro atoms. The highest BCUT2D eigenvalue weighted by Gasteiger charge is 2.19. The van der Waals surface area contributed by atoms with Gasteiger partial charge >= 0.3 is 5.97 Å². The van der Waals surface area contributed by atoms with Crippen molar-refractivity contribution in [3.8, 4) is 5.75 Å². The number of hydrogen-bond donors (Lipinski definition) is 2. The van der Waals surface area contributed by atoms with E-state index < -0.39 is 18.2 Å². The normalized spacial score (nSPS) is 14.1. The first kappa shape index (κ1) is 13.5. The van der Waals surface area contributed by atoms with E-state index in [0.29, 0.717) is 24.2 Å². The summed E-state index contributed by atoms with van der Waals surface area (Å²) in [7, 11) is 0. The van der Waals surface area contributed by atoms with E-state index in [1.54, 1.807) is 31.2 Å². The maximum absolute atomic E-state index is 10.9. The second-order valence-corrected chi connectivity index (χ2v) is 3.81. The molecular weight excluding hydrogens is 220 g/mol. The summed E-state index contributed by atoms with van der Waals surface area (Å²) in [6, 6.07) is 6.98. The molecule has 0 amide bonds. The maximum atomic E-state index is 10.9. The number of ether oxygens (including phenoxy) is 1. The third kappa shape index (κ3) is 3.46. The quantitative estimate of drug-likeness (QED) is 0.798. The number of para-hydroxylation sites is 1. The molecule has 0 heterocycles. The van der Waals surface area contributed by atoms with Crippen LogP contribution in [0.1, 0.15) is 38.4 Å². The lowest BCUT2D eigenvalue weighted by Gasteiger charge is -2.18. The molecule has 1 aromatic carbocycles. The van der Waals surface area contributed by atoms with E-state index in [1.165, 1.54) is 0 Å². The average Bonchev–Trinajstić information content (AvgIpc) is 2.35. The minimum atomic E-state index is -0.992. The largest absolute Gasteiger partial charge is 0.479 e. The summed E-state index contributed by atoms with van der Waals surface area (Å²) < 4.78 is 5.42. The Bertz CT molecular complexity index is 375. The third-order valence-electron chi connectivity index (χ3n) is 2.58. The zero-order valence-corrected chi connectivity index (χ0v) is 10.1. The van der Waals surface area contributed by atoms with Crippen molar-refractivity contribution < 1.29 is 19.7 Å². The molecule has 1 rings (SSSR count). The van der Waals surface area contributed by atoms with Crippen molar-refractivity contribution in [2.24, 2.45) is 0 Å². The Morgan fingerprint density at radius 3 is 2.47 bits per heavy atom. The number of rotatable bonds is 6. The van der Waals surface area contributed by atoms with Gasteiger partial charge in [0.25, 0.3) is 0 Å². The molecule has 0 aliphatic rings. The molecular formula is C13H18O4. The Hall–Kier alpha value is -1.55. The van der Waals surface area contributed by atoms with Gasteiger partial charge in [0.15, 0.2) is 6.10 Å². The summed E-state index contributed by atoms with van der Waals surface area (Å²) in [5, 5.41) is 18.7. The van der Waals surface area contributed by atoms with E-state index >= 15 is 0 Å². The van der Waals surface area contributed by atoms with E-state index in [4.69, 9.17) is 9.84 Å². The van der Waals surface area contributed by atoms with Crippen LogP contribution in [0.5, 0.6) is 5.75 Å². The van der Waals surface area contributed by atoms with Crippen molar-refractivity contribution in [3.63, 3.8) is 0 Å². The van der Waals surface area contributed by atoms with Crippen molar-refractivity contribution in [2.45, 2.75) is 38.9 Å². The highest BCUT2D eigenvalue weighted by molar-refractivity contribution is 5.72. The maximum Gasteiger partial charge on any atom is 0.344 e. The smallest absolute Gasteiger partial charge is 0.344 e. The molecule has 17 heavy (non-hydrogen) atoms. The van der Waals surface area contributed by atoms with Crippen molar-refractivity contribution in [2.75, 3.05) is 0 Å². The van der Waals surface area contributed by atoms with Gasteiger partial charge in [-0.2, -0.15) is 0 Å². The molecule has 0 aliphatic carbocycles. The van der Waals surface area contributed by atoms with Gasteiger partial charge in [-0.05, 0) is 18.9 Å². The number of hydrogen-bond acceptors (Lipinski definition) is 3. The SMILES string of the molecule is CCC(Oc1ccccc1C(O)CC)C(=O)O. The number of carbonyl (C=O) groups is 1. The monoisotopic (exact) mass is 238 g/mol. The fourth-order valence-electron chi connectivity index (χ4n) is 1.54. The Morgan fingerprint density at radius 1 is 1.29 bits per heavy atom. The van der Waals surface area contributed by atoms with Crippen LogP contribution >= 0.6 is 0 Å². The first-order valence-corrected chi connectivity index (χ1v) is 5.76. The molecule has 2 unspecified atom stereocenters. The lowest BCUT2D eigenvalue weighted by molar-refractivity contribution is -0.145. The van der Waals surface area contributed by atoms with Crippen LogP contribution in [-0.2, 0) is 4.79 Å². The zero-order chi connectivity index (χ0) is 12.8. The Labute approximate surface area is 101 Å². The summed E-state index contributed by atoms with van der Waals surface area (Å²) in [6.45, 7) is 3.60. The first-order chi connectivity index (χ1) is 8.10. The van der Waals surface area contributed by atoms with Crippen LogP contribution in [0.2, 0.25) is 0 Å². The summed E-state index contributed by atoms with van der Waals surface area (Å²) in [6.07, 6.45) is -0.562. The fraction of sp³-hybridized carbons (Fsp3) is 0.462. The predicted molar refractivity (Wildman–Crippen MR) is 64.0 cm³/mol. The van der Waals surface area contributed by atoms with Gasteiger partial charge in [-0.1, -0.05) is 32.0 Å². The minimum Gasteiger partial charge on any atom is -0.479 e. The number of aliphatic hydroxyl groups excluding tert-OH is 1. The highest BCUT2D eigenvalue weighted by Crippen LogP contribution is 2.28. The number of aliphatic carboxylic acids is 1. The van der Waals surface area contributed by atoms with Gasteiger partial charge < -0.3 is 14.9 Å². The zero-order valence-electron chi connectivity index (χ0n) is 10.1. The molecule has 94 valence electrons. The lowest BCUT2D eigenvalue weighted by Crippen LogP contribution is -2.26. The second kappa shape index (κ2) is 6.25. The average molecular weight is 238 g/mol. The molecule has 1 aromatic rings. The Morgan fingerprint density at radius 2 is 1.94 bits per heavy atom. The minimum absolute atomic E-state index is 0.381. The van der Waals surface area contributed by atoms with E-state index in [2.05, 4.69) is 0 Å². The molecule has 4 nitrogen and oxygen atoms in total. The predicted octanol–water partition coefficient (Wildman–Crippen LogP) is 2.37. The fourth-order valence-corrected chi connectivity index (χ4v) is 1.54. The number of benzene rings is 1. The Balaban J connectivity index is 2.93. The topological polar surface area (TPSA) is 66.8 Å². The van der Waals surface area contributed by atoms with Crippen LogP contribution in [0.3, 0.4) is 0 Å². The number of carboxylic acid groups (broad SMARTS) is 1. The van der Waals surface area contributed by atoms with E-state index in [-0.39, 0.29) is 0 Å². The van der Waals surface area contributed by atoms with E-state index in [0.717, 1.165) is 0 Å². The van der Waals surface area contributed by atoms with E-state index in [9.17, 15) is 9.90 Å². The van der Waals surface area contributed by atoms with Gasteiger partial charge in [-0.25, -0.2) is 4.79 Å². The molecule has 0 radical (unpaired) electrons.